The van der Waals surface area contributed by atoms with Gasteiger partial charge >= 0.3 is 0 Å². The molecule has 1 saturated heterocycles. The summed E-state index contributed by atoms with van der Waals surface area (Å²) in [6, 6.07) is 5.14. The first-order valence-electron chi connectivity index (χ1n) is 6.99. The second-order valence-electron chi connectivity index (χ2n) is 5.52. The van der Waals surface area contributed by atoms with Crippen molar-refractivity contribution in [2.45, 2.75) is 19.4 Å². The lowest BCUT2D eigenvalue weighted by molar-refractivity contribution is -0.00427. The molecule has 1 N–H and O–H groups in total. The van der Waals surface area contributed by atoms with Gasteiger partial charge in [-0.05, 0) is 37.5 Å². The standard InChI is InChI=1S/C15H18ClNO3/c1-2-20-14-4-3-9(5-12(14)16)15(19)17-7-10-6-13(18)11(10)8-17/h3-5,10-11,13,18H,2,6-8H2,1H3/t10-,11+,13+/m1/s1. The molecule has 0 radical (unpaired) electrons. The zero-order valence-electron chi connectivity index (χ0n) is 11.4. The van der Waals surface area contributed by atoms with E-state index in [1.54, 1.807) is 18.2 Å². The highest BCUT2D eigenvalue weighted by molar-refractivity contribution is 6.32. The molecule has 20 heavy (non-hydrogen) atoms. The van der Waals surface area contributed by atoms with Crippen LogP contribution in [-0.4, -0.2) is 41.7 Å². The zero-order valence-corrected chi connectivity index (χ0v) is 12.1. The van der Waals surface area contributed by atoms with Crippen molar-refractivity contribution >= 4 is 17.5 Å². The molecule has 1 amide bonds. The third-order valence-corrected chi connectivity index (χ3v) is 4.59. The van der Waals surface area contributed by atoms with Gasteiger partial charge in [-0.3, -0.25) is 4.79 Å². The summed E-state index contributed by atoms with van der Waals surface area (Å²) in [6.45, 7) is 3.82. The van der Waals surface area contributed by atoms with Crippen LogP contribution in [0.3, 0.4) is 0 Å². The van der Waals surface area contributed by atoms with Crippen LogP contribution in [0.25, 0.3) is 0 Å². The summed E-state index contributed by atoms with van der Waals surface area (Å²) >= 11 is 6.12. The van der Waals surface area contributed by atoms with Crippen LogP contribution in [-0.2, 0) is 0 Å². The van der Waals surface area contributed by atoms with Gasteiger partial charge < -0.3 is 14.7 Å². The molecule has 3 atom stereocenters. The van der Waals surface area contributed by atoms with Crippen molar-refractivity contribution in [2.24, 2.45) is 11.8 Å². The summed E-state index contributed by atoms with van der Waals surface area (Å²) in [5.74, 6) is 1.31. The lowest BCUT2D eigenvalue weighted by Crippen LogP contribution is -2.39. The molecule has 0 bridgehead atoms. The Hall–Kier alpha value is -1.26. The molecule has 1 aliphatic carbocycles. The van der Waals surface area contributed by atoms with Crippen molar-refractivity contribution in [1.29, 1.82) is 0 Å². The Bertz CT molecular complexity index is 534. The van der Waals surface area contributed by atoms with E-state index >= 15 is 0 Å². The van der Waals surface area contributed by atoms with Crippen LogP contribution in [0.2, 0.25) is 5.02 Å². The summed E-state index contributed by atoms with van der Waals surface area (Å²) < 4.78 is 5.37. The normalized spacial score (nSPS) is 27.9. The molecule has 0 aromatic heterocycles. The van der Waals surface area contributed by atoms with Crippen LogP contribution < -0.4 is 4.74 Å². The number of halogens is 1. The van der Waals surface area contributed by atoms with Gasteiger partial charge in [-0.25, -0.2) is 0 Å². The van der Waals surface area contributed by atoms with Crippen molar-refractivity contribution in [1.82, 2.24) is 4.90 Å². The molecule has 108 valence electrons. The minimum Gasteiger partial charge on any atom is -0.492 e. The van der Waals surface area contributed by atoms with Gasteiger partial charge in [0.05, 0.1) is 17.7 Å². The average molecular weight is 296 g/mol. The monoisotopic (exact) mass is 295 g/mol. The number of ether oxygens (including phenoxy) is 1. The Morgan fingerprint density at radius 1 is 1.50 bits per heavy atom. The number of aliphatic hydroxyl groups is 1. The first kappa shape index (κ1) is 13.7. The van der Waals surface area contributed by atoms with E-state index in [0.717, 1.165) is 13.0 Å². The molecular formula is C15H18ClNO3. The highest BCUT2D eigenvalue weighted by Gasteiger charge is 2.47. The van der Waals surface area contributed by atoms with Gasteiger partial charge in [0.1, 0.15) is 5.75 Å². The second-order valence-corrected chi connectivity index (χ2v) is 5.92. The Kier molecular flexibility index (Phi) is 3.61. The molecule has 0 unspecified atom stereocenters. The van der Waals surface area contributed by atoms with E-state index in [-0.39, 0.29) is 17.9 Å². The van der Waals surface area contributed by atoms with Gasteiger partial charge in [0.25, 0.3) is 5.91 Å². The van der Waals surface area contributed by atoms with Crippen LogP contribution in [0.4, 0.5) is 0 Å². The van der Waals surface area contributed by atoms with Crippen molar-refractivity contribution in [3.8, 4) is 5.75 Å². The molecule has 2 aliphatic rings. The maximum atomic E-state index is 12.4. The number of hydrogen-bond acceptors (Lipinski definition) is 3. The number of likely N-dealkylation sites (tertiary alicyclic amines) is 1. The molecule has 2 fully saturated rings. The second kappa shape index (κ2) is 5.26. The Morgan fingerprint density at radius 2 is 2.30 bits per heavy atom. The smallest absolute Gasteiger partial charge is 0.253 e. The highest BCUT2D eigenvalue weighted by Crippen LogP contribution is 2.41. The number of rotatable bonds is 3. The molecule has 1 aromatic rings. The van der Waals surface area contributed by atoms with E-state index in [1.807, 2.05) is 11.8 Å². The summed E-state index contributed by atoms with van der Waals surface area (Å²) in [7, 11) is 0. The van der Waals surface area contributed by atoms with Crippen molar-refractivity contribution < 1.29 is 14.6 Å². The molecule has 4 nitrogen and oxygen atoms in total. The number of hydrogen-bond donors (Lipinski definition) is 1. The molecule has 0 spiro atoms. The zero-order chi connectivity index (χ0) is 14.3. The number of amides is 1. The molecule has 3 rings (SSSR count). The molecule has 1 saturated carbocycles. The number of fused-ring (bicyclic) bond motifs is 1. The Morgan fingerprint density at radius 3 is 2.90 bits per heavy atom. The minimum absolute atomic E-state index is 0.0171. The van der Waals surface area contributed by atoms with E-state index in [9.17, 15) is 9.90 Å². The van der Waals surface area contributed by atoms with Gasteiger partial charge in [-0.15, -0.1) is 0 Å². The maximum Gasteiger partial charge on any atom is 0.253 e. The van der Waals surface area contributed by atoms with E-state index in [1.165, 1.54) is 0 Å². The Balaban J connectivity index is 1.73. The first-order valence-corrected chi connectivity index (χ1v) is 7.37. The van der Waals surface area contributed by atoms with Crippen LogP contribution >= 0.6 is 11.6 Å². The lowest BCUT2D eigenvalue weighted by Gasteiger charge is -2.34. The lowest BCUT2D eigenvalue weighted by atomic mass is 9.74. The van der Waals surface area contributed by atoms with Gasteiger partial charge in [0.15, 0.2) is 0 Å². The Labute approximate surface area is 123 Å². The molecule has 5 heteroatoms. The molecule has 1 heterocycles. The fourth-order valence-electron chi connectivity index (χ4n) is 3.13. The fraction of sp³-hybridized carbons (Fsp3) is 0.533. The largest absolute Gasteiger partial charge is 0.492 e. The topological polar surface area (TPSA) is 49.8 Å². The van der Waals surface area contributed by atoms with Gasteiger partial charge in [-0.1, -0.05) is 11.6 Å². The minimum atomic E-state index is -0.235. The first-order chi connectivity index (χ1) is 9.60. The van der Waals surface area contributed by atoms with Crippen molar-refractivity contribution in [2.75, 3.05) is 19.7 Å². The predicted octanol–water partition coefficient (Wildman–Crippen LogP) is 2.19. The van der Waals surface area contributed by atoms with Crippen LogP contribution in [0.1, 0.15) is 23.7 Å². The summed E-state index contributed by atoms with van der Waals surface area (Å²) in [5, 5.41) is 10.1. The SMILES string of the molecule is CCOc1ccc(C(=O)N2C[C@H]3C[C@H](O)[C@H]3C2)cc1Cl. The fourth-order valence-corrected chi connectivity index (χ4v) is 3.36. The highest BCUT2D eigenvalue weighted by atomic mass is 35.5. The van der Waals surface area contributed by atoms with E-state index in [4.69, 9.17) is 16.3 Å². The van der Waals surface area contributed by atoms with Crippen LogP contribution in [0.15, 0.2) is 18.2 Å². The summed E-state index contributed by atoms with van der Waals surface area (Å²) in [4.78, 5) is 14.3. The number of nitrogens with zero attached hydrogens (tertiary/aromatic N) is 1. The van der Waals surface area contributed by atoms with Crippen LogP contribution in [0.5, 0.6) is 5.75 Å². The molecular weight excluding hydrogens is 278 g/mol. The summed E-state index contributed by atoms with van der Waals surface area (Å²) in [6.07, 6.45) is 0.583. The third-order valence-electron chi connectivity index (χ3n) is 4.30. The predicted molar refractivity (Wildman–Crippen MR) is 76.1 cm³/mol. The number of benzene rings is 1. The van der Waals surface area contributed by atoms with E-state index < -0.39 is 0 Å². The van der Waals surface area contributed by atoms with Crippen molar-refractivity contribution in [3.05, 3.63) is 28.8 Å². The quantitative estimate of drug-likeness (QED) is 0.930. The number of aliphatic hydroxyl groups excluding tert-OH is 1. The number of carbonyl (C=O) groups excluding carboxylic acids is 1. The van der Waals surface area contributed by atoms with Gasteiger partial charge in [0, 0.05) is 24.6 Å². The third kappa shape index (κ3) is 2.27. The maximum absolute atomic E-state index is 12.4. The number of carbonyl (C=O) groups is 1. The summed E-state index contributed by atoms with van der Waals surface area (Å²) in [5.41, 5.74) is 0.578. The average Bonchev–Trinajstić information content (AvgIpc) is 2.78. The van der Waals surface area contributed by atoms with Gasteiger partial charge in [-0.2, -0.15) is 0 Å². The molecule has 1 aliphatic heterocycles. The van der Waals surface area contributed by atoms with E-state index in [0.29, 0.717) is 35.4 Å². The van der Waals surface area contributed by atoms with E-state index in [2.05, 4.69) is 0 Å². The van der Waals surface area contributed by atoms with Crippen LogP contribution in [0, 0.1) is 11.8 Å². The van der Waals surface area contributed by atoms with Gasteiger partial charge in [0.2, 0.25) is 0 Å². The molecule has 1 aromatic carbocycles. The van der Waals surface area contributed by atoms with Crippen molar-refractivity contribution in [3.63, 3.8) is 0 Å².